The van der Waals surface area contributed by atoms with Crippen molar-refractivity contribution in [3.8, 4) is 0 Å². The summed E-state index contributed by atoms with van der Waals surface area (Å²) in [5.41, 5.74) is 1.83. The van der Waals surface area contributed by atoms with Crippen LogP contribution in [0, 0.1) is 0 Å². The molecule has 0 saturated carbocycles. The van der Waals surface area contributed by atoms with Gasteiger partial charge in [0.05, 0.1) is 16.3 Å². The molecular weight excluding hydrogens is 422 g/mol. The van der Waals surface area contributed by atoms with Gasteiger partial charge in [0.15, 0.2) is 5.25 Å². The fraction of sp³-hybridized carbons (Fsp3) is 0.333. The summed E-state index contributed by atoms with van der Waals surface area (Å²) in [4.78, 5) is 27.6. The maximum absolute atomic E-state index is 12.9. The van der Waals surface area contributed by atoms with Crippen LogP contribution in [0.3, 0.4) is 0 Å². The van der Waals surface area contributed by atoms with E-state index in [2.05, 4.69) is 10.0 Å². The summed E-state index contributed by atoms with van der Waals surface area (Å²) in [5, 5.41) is 1.87. The number of sulfonamides is 1. The molecule has 2 aliphatic heterocycles. The third kappa shape index (κ3) is 4.04. The minimum atomic E-state index is -3.83. The van der Waals surface area contributed by atoms with Crippen LogP contribution in [-0.2, 0) is 26.0 Å². The van der Waals surface area contributed by atoms with Crippen LogP contribution in [0.25, 0.3) is 0 Å². The molecule has 0 spiro atoms. The molecule has 0 aliphatic carbocycles. The Bertz CT molecular complexity index is 1100. The molecule has 4 rings (SSSR count). The number of para-hydroxylation sites is 1. The molecule has 0 unspecified atom stereocenters. The molecule has 2 aliphatic rings. The van der Waals surface area contributed by atoms with Crippen LogP contribution in [0.2, 0.25) is 0 Å². The summed E-state index contributed by atoms with van der Waals surface area (Å²) in [6, 6.07) is 11.8. The van der Waals surface area contributed by atoms with Crippen LogP contribution >= 0.6 is 11.8 Å². The van der Waals surface area contributed by atoms with Crippen molar-refractivity contribution in [3.63, 3.8) is 0 Å². The van der Waals surface area contributed by atoms with Gasteiger partial charge in [-0.3, -0.25) is 14.3 Å². The second kappa shape index (κ2) is 8.31. The van der Waals surface area contributed by atoms with Gasteiger partial charge in [0.1, 0.15) is 0 Å². The number of hydrogen-bond acceptors (Lipinski definition) is 5. The average molecular weight is 446 g/mol. The number of carbonyl (C=O) groups excluding carboxylic acids is 2. The lowest BCUT2D eigenvalue weighted by Crippen LogP contribution is -2.43. The Morgan fingerprint density at radius 3 is 2.67 bits per heavy atom. The van der Waals surface area contributed by atoms with E-state index in [1.54, 1.807) is 23.1 Å². The number of likely N-dealkylation sites (tertiary alicyclic amines) is 1. The van der Waals surface area contributed by atoms with Gasteiger partial charge < -0.3 is 10.2 Å². The summed E-state index contributed by atoms with van der Waals surface area (Å²) in [7, 11) is -3.83. The first-order valence-corrected chi connectivity index (χ1v) is 12.3. The molecule has 0 radical (unpaired) electrons. The first kappa shape index (κ1) is 20.7. The quantitative estimate of drug-likeness (QED) is 0.690. The minimum Gasteiger partial charge on any atom is -0.341 e. The molecule has 30 heavy (non-hydrogen) atoms. The van der Waals surface area contributed by atoms with Crippen molar-refractivity contribution in [3.05, 3.63) is 48.0 Å². The van der Waals surface area contributed by atoms with Gasteiger partial charge in [0.25, 0.3) is 10.0 Å². The van der Waals surface area contributed by atoms with Gasteiger partial charge in [0, 0.05) is 18.0 Å². The summed E-state index contributed by atoms with van der Waals surface area (Å²) < 4.78 is 28.4. The number of amides is 2. The van der Waals surface area contributed by atoms with Gasteiger partial charge in [-0.15, -0.1) is 11.8 Å². The monoisotopic (exact) mass is 445 g/mol. The van der Waals surface area contributed by atoms with E-state index >= 15 is 0 Å². The number of nitrogens with zero attached hydrogens (tertiary/aromatic N) is 1. The number of nitrogens with one attached hydrogen (secondary N) is 2. The lowest BCUT2D eigenvalue weighted by molar-refractivity contribution is -0.133. The molecule has 7 nitrogen and oxygen atoms in total. The molecule has 1 atom stereocenters. The van der Waals surface area contributed by atoms with Crippen LogP contribution in [0.1, 0.15) is 25.3 Å². The number of carbonyl (C=O) groups is 2. The molecule has 1 fully saturated rings. The molecular formula is C21H23N3O4S2. The van der Waals surface area contributed by atoms with Gasteiger partial charge in [-0.05, 0) is 49.1 Å². The second-order valence-corrected chi connectivity index (χ2v) is 10.1. The van der Waals surface area contributed by atoms with Gasteiger partial charge in [-0.25, -0.2) is 8.42 Å². The van der Waals surface area contributed by atoms with E-state index < -0.39 is 21.2 Å². The topological polar surface area (TPSA) is 95.6 Å². The smallest absolute Gasteiger partial charge is 0.261 e. The molecule has 0 aromatic heterocycles. The van der Waals surface area contributed by atoms with E-state index in [0.29, 0.717) is 35.8 Å². The van der Waals surface area contributed by atoms with Crippen molar-refractivity contribution in [2.75, 3.05) is 23.1 Å². The van der Waals surface area contributed by atoms with Crippen LogP contribution in [0.15, 0.2) is 52.3 Å². The highest BCUT2D eigenvalue weighted by Gasteiger charge is 2.37. The summed E-state index contributed by atoms with van der Waals surface area (Å²) in [6.45, 7) is 3.31. The first-order valence-electron chi connectivity index (χ1n) is 9.90. The summed E-state index contributed by atoms with van der Waals surface area (Å²) in [6.07, 6.45) is 2.61. The molecule has 2 aromatic rings. The maximum atomic E-state index is 12.9. The van der Waals surface area contributed by atoms with Crippen LogP contribution in [0.4, 0.5) is 11.4 Å². The average Bonchev–Trinajstić information content (AvgIpc) is 3.27. The van der Waals surface area contributed by atoms with Crippen molar-refractivity contribution < 1.29 is 18.0 Å². The maximum Gasteiger partial charge on any atom is 0.261 e. The van der Waals surface area contributed by atoms with E-state index in [0.717, 1.165) is 18.4 Å². The lowest BCUT2D eigenvalue weighted by Gasteiger charge is -2.27. The van der Waals surface area contributed by atoms with Gasteiger partial charge in [-0.2, -0.15) is 0 Å². The summed E-state index contributed by atoms with van der Waals surface area (Å²) in [5.74, 6) is -0.599. The Hall–Kier alpha value is -2.52. The largest absolute Gasteiger partial charge is 0.341 e. The third-order valence-corrected chi connectivity index (χ3v) is 7.91. The van der Waals surface area contributed by atoms with Gasteiger partial charge in [-0.1, -0.05) is 25.1 Å². The van der Waals surface area contributed by atoms with Crippen molar-refractivity contribution >= 4 is 45.0 Å². The van der Waals surface area contributed by atoms with Gasteiger partial charge in [0.2, 0.25) is 11.8 Å². The molecule has 2 amide bonds. The highest BCUT2D eigenvalue weighted by Crippen LogP contribution is 2.38. The number of anilines is 2. The van der Waals surface area contributed by atoms with E-state index in [1.165, 1.54) is 23.9 Å². The van der Waals surface area contributed by atoms with Crippen molar-refractivity contribution in [1.82, 2.24) is 4.90 Å². The lowest BCUT2D eigenvalue weighted by atomic mass is 10.1. The Morgan fingerprint density at radius 2 is 1.93 bits per heavy atom. The Balaban J connectivity index is 1.56. The Kier molecular flexibility index (Phi) is 5.75. The number of rotatable bonds is 5. The van der Waals surface area contributed by atoms with Crippen molar-refractivity contribution in [2.24, 2.45) is 0 Å². The Labute approximate surface area is 180 Å². The highest BCUT2D eigenvalue weighted by atomic mass is 32.2. The summed E-state index contributed by atoms with van der Waals surface area (Å²) >= 11 is 1.17. The van der Waals surface area contributed by atoms with Crippen LogP contribution in [0.5, 0.6) is 0 Å². The number of benzene rings is 2. The number of hydrogen-bond donors (Lipinski definition) is 2. The molecule has 9 heteroatoms. The fourth-order valence-electron chi connectivity index (χ4n) is 3.65. The van der Waals surface area contributed by atoms with Crippen molar-refractivity contribution in [1.29, 1.82) is 0 Å². The first-order chi connectivity index (χ1) is 14.4. The molecule has 2 aromatic carbocycles. The normalized spacial score (nSPS) is 18.6. The number of fused-ring (bicyclic) bond motifs is 1. The predicted octanol–water partition coefficient (Wildman–Crippen LogP) is 3.09. The molecule has 2 heterocycles. The molecule has 0 bridgehead atoms. The second-order valence-electron chi connectivity index (χ2n) is 7.29. The zero-order valence-corrected chi connectivity index (χ0v) is 18.2. The third-order valence-electron chi connectivity index (χ3n) is 5.29. The number of thioether (sulfide) groups is 1. The van der Waals surface area contributed by atoms with Crippen molar-refractivity contribution in [2.45, 2.75) is 41.2 Å². The molecule has 2 N–H and O–H groups in total. The molecule has 158 valence electrons. The van der Waals surface area contributed by atoms with E-state index in [4.69, 9.17) is 0 Å². The Morgan fingerprint density at radius 1 is 1.20 bits per heavy atom. The molecule has 1 saturated heterocycles. The van der Waals surface area contributed by atoms with Crippen LogP contribution in [-0.4, -0.2) is 43.5 Å². The zero-order chi connectivity index (χ0) is 21.3. The van der Waals surface area contributed by atoms with E-state index in [1.807, 2.05) is 19.1 Å². The van der Waals surface area contributed by atoms with Gasteiger partial charge >= 0.3 is 0 Å². The predicted molar refractivity (Wildman–Crippen MR) is 117 cm³/mol. The van der Waals surface area contributed by atoms with Crippen LogP contribution < -0.4 is 10.0 Å². The zero-order valence-electron chi connectivity index (χ0n) is 16.6. The minimum absolute atomic E-state index is 0.0531. The number of aryl methyl sites for hydroxylation is 1. The van der Waals surface area contributed by atoms with E-state index in [-0.39, 0.29) is 10.8 Å². The van der Waals surface area contributed by atoms with E-state index in [9.17, 15) is 18.0 Å². The highest BCUT2D eigenvalue weighted by molar-refractivity contribution is 8.01. The SMILES string of the molecule is CCc1ccccc1NS(=O)(=O)c1ccc2c(c1)NC(=O)[C@@H](C(=O)N1CCCC1)S2. The fourth-order valence-corrected chi connectivity index (χ4v) is 5.83. The standard InChI is InChI=1S/C21H23N3O4S2/c1-2-14-7-3-4-8-16(14)23-30(27,28)15-9-10-18-17(13-15)22-20(25)19(29-18)21(26)24-11-5-6-12-24/h3-4,7-10,13,19,23H,2,5-6,11-12H2,1H3,(H,22,25)/t19-/m0/s1.